The van der Waals surface area contributed by atoms with Crippen LogP contribution in [0.25, 0.3) is 0 Å². The van der Waals surface area contributed by atoms with Gasteiger partial charge in [0.1, 0.15) is 11.9 Å². The fourth-order valence-electron chi connectivity index (χ4n) is 1.95. The smallest absolute Gasteiger partial charge is 0.384 e. The van der Waals surface area contributed by atoms with Gasteiger partial charge in [0.05, 0.1) is 5.56 Å². The van der Waals surface area contributed by atoms with Crippen molar-refractivity contribution in [2.75, 3.05) is 0 Å². The SMILES string of the molecule is Cc1ccc(C(O)c2cc(F)ccc2C(F)(F)F)cc1. The number of hydrogen-bond acceptors (Lipinski definition) is 1. The van der Waals surface area contributed by atoms with Crippen LogP contribution in [0.3, 0.4) is 0 Å². The molecule has 0 saturated carbocycles. The van der Waals surface area contributed by atoms with Gasteiger partial charge in [-0.3, -0.25) is 0 Å². The maximum absolute atomic E-state index is 13.2. The molecule has 0 spiro atoms. The van der Waals surface area contributed by atoms with Gasteiger partial charge in [0.2, 0.25) is 0 Å². The molecule has 2 aromatic carbocycles. The summed E-state index contributed by atoms with van der Waals surface area (Å²) < 4.78 is 51.9. The maximum Gasteiger partial charge on any atom is 0.416 e. The van der Waals surface area contributed by atoms with Crippen LogP contribution < -0.4 is 0 Å². The molecular formula is C15H12F4O. The van der Waals surface area contributed by atoms with Gasteiger partial charge >= 0.3 is 6.18 Å². The van der Waals surface area contributed by atoms with E-state index in [0.29, 0.717) is 12.1 Å². The van der Waals surface area contributed by atoms with Crippen LogP contribution in [-0.4, -0.2) is 5.11 Å². The zero-order valence-electron chi connectivity index (χ0n) is 10.6. The number of rotatable bonds is 2. The highest BCUT2D eigenvalue weighted by molar-refractivity contribution is 5.38. The Kier molecular flexibility index (Phi) is 3.81. The molecule has 0 fully saturated rings. The van der Waals surface area contributed by atoms with E-state index in [1.165, 1.54) is 12.1 Å². The molecule has 0 saturated heterocycles. The van der Waals surface area contributed by atoms with Crippen LogP contribution in [0.15, 0.2) is 42.5 Å². The van der Waals surface area contributed by atoms with Gasteiger partial charge in [-0.15, -0.1) is 0 Å². The lowest BCUT2D eigenvalue weighted by atomic mass is 9.96. The summed E-state index contributed by atoms with van der Waals surface area (Å²) in [5.41, 5.74) is -0.323. The number of hydrogen-bond donors (Lipinski definition) is 1. The van der Waals surface area contributed by atoms with Crippen molar-refractivity contribution in [3.63, 3.8) is 0 Å². The molecule has 0 heterocycles. The maximum atomic E-state index is 13.2. The Hall–Kier alpha value is -1.88. The van der Waals surface area contributed by atoms with E-state index < -0.39 is 29.2 Å². The van der Waals surface area contributed by atoms with E-state index in [1.54, 1.807) is 12.1 Å². The van der Waals surface area contributed by atoms with Gasteiger partial charge < -0.3 is 5.11 Å². The zero-order chi connectivity index (χ0) is 14.9. The standard InChI is InChI=1S/C15H12F4O/c1-9-2-4-10(5-3-9)14(20)12-8-11(16)6-7-13(12)15(17,18)19/h2-8,14,20H,1H3. The molecule has 0 aromatic heterocycles. The predicted octanol–water partition coefficient (Wildman–Crippen LogP) is 4.23. The summed E-state index contributed by atoms with van der Waals surface area (Å²) in [6.45, 7) is 1.82. The first kappa shape index (κ1) is 14.5. The Labute approximate surface area is 113 Å². The van der Waals surface area contributed by atoms with Crippen molar-refractivity contribution in [1.82, 2.24) is 0 Å². The average Bonchev–Trinajstić information content (AvgIpc) is 2.37. The predicted molar refractivity (Wildman–Crippen MR) is 66.6 cm³/mol. The first-order valence-corrected chi connectivity index (χ1v) is 5.90. The normalized spacial score (nSPS) is 13.3. The highest BCUT2D eigenvalue weighted by Crippen LogP contribution is 2.36. The van der Waals surface area contributed by atoms with Crippen molar-refractivity contribution in [3.8, 4) is 0 Å². The second-order valence-electron chi connectivity index (χ2n) is 4.54. The summed E-state index contributed by atoms with van der Waals surface area (Å²) in [7, 11) is 0. The molecule has 1 N–H and O–H groups in total. The third kappa shape index (κ3) is 2.99. The van der Waals surface area contributed by atoms with Crippen molar-refractivity contribution in [1.29, 1.82) is 0 Å². The van der Waals surface area contributed by atoms with Crippen molar-refractivity contribution in [2.45, 2.75) is 19.2 Å². The molecule has 0 radical (unpaired) electrons. The van der Waals surface area contributed by atoms with Crippen molar-refractivity contribution >= 4 is 0 Å². The molecule has 1 unspecified atom stereocenters. The number of halogens is 4. The number of aliphatic hydroxyl groups is 1. The Morgan fingerprint density at radius 2 is 1.60 bits per heavy atom. The van der Waals surface area contributed by atoms with Crippen molar-refractivity contribution < 1.29 is 22.7 Å². The van der Waals surface area contributed by atoms with Gasteiger partial charge in [-0.05, 0) is 30.7 Å². The topological polar surface area (TPSA) is 20.2 Å². The summed E-state index contributed by atoms with van der Waals surface area (Å²) in [6.07, 6.45) is -6.17. The molecule has 0 amide bonds. The molecule has 0 aliphatic heterocycles. The second kappa shape index (κ2) is 5.25. The molecule has 5 heteroatoms. The highest BCUT2D eigenvalue weighted by atomic mass is 19.4. The molecule has 0 bridgehead atoms. The molecule has 0 aliphatic rings. The molecule has 2 rings (SSSR count). The monoisotopic (exact) mass is 284 g/mol. The fraction of sp³-hybridized carbons (Fsp3) is 0.200. The lowest BCUT2D eigenvalue weighted by Gasteiger charge is -2.18. The van der Waals surface area contributed by atoms with Crippen LogP contribution in [0.4, 0.5) is 17.6 Å². The van der Waals surface area contributed by atoms with Crippen LogP contribution in [0.2, 0.25) is 0 Å². The van der Waals surface area contributed by atoms with E-state index in [1.807, 2.05) is 6.92 Å². The summed E-state index contributed by atoms with van der Waals surface area (Å²) in [6, 6.07) is 8.47. The van der Waals surface area contributed by atoms with Gasteiger partial charge in [-0.2, -0.15) is 13.2 Å². The van der Waals surface area contributed by atoms with E-state index in [4.69, 9.17) is 0 Å². The second-order valence-corrected chi connectivity index (χ2v) is 4.54. The number of aryl methyl sites for hydroxylation is 1. The van der Waals surface area contributed by atoms with E-state index in [9.17, 15) is 22.7 Å². The highest BCUT2D eigenvalue weighted by Gasteiger charge is 2.35. The number of benzene rings is 2. The van der Waals surface area contributed by atoms with Crippen LogP contribution in [0.1, 0.15) is 28.4 Å². The Morgan fingerprint density at radius 3 is 2.15 bits per heavy atom. The minimum absolute atomic E-state index is 0.284. The minimum Gasteiger partial charge on any atom is -0.384 e. The van der Waals surface area contributed by atoms with Crippen LogP contribution in [-0.2, 0) is 6.18 Å². The summed E-state index contributed by atoms with van der Waals surface area (Å²) in [5, 5.41) is 10.1. The summed E-state index contributed by atoms with van der Waals surface area (Å²) in [5.74, 6) is -0.820. The minimum atomic E-state index is -4.64. The third-order valence-corrected chi connectivity index (χ3v) is 3.01. The lowest BCUT2D eigenvalue weighted by molar-refractivity contribution is -0.139. The first-order valence-electron chi connectivity index (χ1n) is 5.90. The molecule has 2 aromatic rings. The van der Waals surface area contributed by atoms with Gasteiger partial charge in [-0.1, -0.05) is 29.8 Å². The van der Waals surface area contributed by atoms with E-state index >= 15 is 0 Å². The van der Waals surface area contributed by atoms with Crippen molar-refractivity contribution in [2.24, 2.45) is 0 Å². The Bertz CT molecular complexity index is 602. The van der Waals surface area contributed by atoms with Crippen molar-refractivity contribution in [3.05, 3.63) is 70.5 Å². The fourth-order valence-corrected chi connectivity index (χ4v) is 1.95. The zero-order valence-corrected chi connectivity index (χ0v) is 10.6. The summed E-state index contributed by atoms with van der Waals surface area (Å²) in [4.78, 5) is 0. The van der Waals surface area contributed by atoms with Crippen LogP contribution >= 0.6 is 0 Å². The van der Waals surface area contributed by atoms with Gasteiger partial charge in [0.25, 0.3) is 0 Å². The molecule has 0 aliphatic carbocycles. The molecule has 20 heavy (non-hydrogen) atoms. The molecular weight excluding hydrogens is 272 g/mol. The van der Waals surface area contributed by atoms with E-state index in [-0.39, 0.29) is 5.56 Å². The average molecular weight is 284 g/mol. The van der Waals surface area contributed by atoms with Crippen LogP contribution in [0, 0.1) is 12.7 Å². The van der Waals surface area contributed by atoms with Gasteiger partial charge in [-0.25, -0.2) is 4.39 Å². The van der Waals surface area contributed by atoms with E-state index in [0.717, 1.165) is 11.6 Å². The molecule has 1 nitrogen and oxygen atoms in total. The quantitative estimate of drug-likeness (QED) is 0.818. The van der Waals surface area contributed by atoms with E-state index in [2.05, 4.69) is 0 Å². The lowest BCUT2D eigenvalue weighted by Crippen LogP contribution is -2.13. The Balaban J connectivity index is 2.50. The Morgan fingerprint density at radius 1 is 1.00 bits per heavy atom. The third-order valence-electron chi connectivity index (χ3n) is 3.01. The number of aliphatic hydroxyl groups excluding tert-OH is 1. The van der Waals surface area contributed by atoms with Crippen LogP contribution in [0.5, 0.6) is 0 Å². The number of alkyl halides is 3. The first-order chi connectivity index (χ1) is 9.29. The summed E-state index contributed by atoms with van der Waals surface area (Å²) >= 11 is 0. The van der Waals surface area contributed by atoms with Gasteiger partial charge in [0, 0.05) is 5.56 Å². The largest absolute Gasteiger partial charge is 0.416 e. The van der Waals surface area contributed by atoms with Gasteiger partial charge in [0.15, 0.2) is 0 Å². The molecule has 1 atom stereocenters. The molecule has 106 valence electrons.